The Kier molecular flexibility index (Phi) is 5.43. The quantitative estimate of drug-likeness (QED) is 0.785. The maximum Gasteiger partial charge on any atom is 0.0713 e. The molecule has 1 N–H and O–H groups in total. The Balaban J connectivity index is 2.03. The zero-order valence-corrected chi connectivity index (χ0v) is 13.8. The van der Waals surface area contributed by atoms with Crippen LogP contribution in [0, 0.1) is 0 Å². The van der Waals surface area contributed by atoms with Crippen LogP contribution in [0.5, 0.6) is 0 Å². The lowest BCUT2D eigenvalue weighted by Crippen LogP contribution is -2.01. The van der Waals surface area contributed by atoms with Crippen LogP contribution < -0.4 is 5.32 Å². The van der Waals surface area contributed by atoms with Crippen molar-refractivity contribution in [3.8, 4) is 0 Å². The van der Waals surface area contributed by atoms with Gasteiger partial charge in [0.2, 0.25) is 0 Å². The average molecular weight is 385 g/mol. The van der Waals surface area contributed by atoms with Gasteiger partial charge in [-0.3, -0.25) is 0 Å². The van der Waals surface area contributed by atoms with E-state index in [-0.39, 0.29) is 0 Å². The lowest BCUT2D eigenvalue weighted by molar-refractivity contribution is 0.185. The van der Waals surface area contributed by atoms with Crippen molar-refractivity contribution in [1.82, 2.24) is 0 Å². The molecule has 0 spiro atoms. The topological polar surface area (TPSA) is 21.3 Å². The smallest absolute Gasteiger partial charge is 0.0713 e. The summed E-state index contributed by atoms with van der Waals surface area (Å²) in [5.74, 6) is 0. The number of hydrogen-bond donors (Lipinski definition) is 1. The number of hydrogen-bond acceptors (Lipinski definition) is 2. The number of benzene rings is 2. The number of anilines is 1. The number of halogens is 2. The Morgan fingerprint density at radius 3 is 2.58 bits per heavy atom. The zero-order valence-electron chi connectivity index (χ0n) is 10.6. The monoisotopic (exact) mass is 383 g/mol. The molecule has 0 aliphatic heterocycles. The third kappa shape index (κ3) is 4.34. The molecule has 0 unspecified atom stereocenters. The summed E-state index contributed by atoms with van der Waals surface area (Å²) in [6, 6.07) is 14.5. The minimum atomic E-state index is 0.649. The molecule has 19 heavy (non-hydrogen) atoms. The normalized spacial score (nSPS) is 10.5. The molecule has 0 atom stereocenters. The molecule has 2 aromatic carbocycles. The van der Waals surface area contributed by atoms with Crippen LogP contribution >= 0.6 is 31.9 Å². The zero-order chi connectivity index (χ0) is 13.7. The molecular weight excluding hydrogens is 370 g/mol. The van der Waals surface area contributed by atoms with Crippen LogP contribution in [0.25, 0.3) is 0 Å². The van der Waals surface area contributed by atoms with Crippen LogP contribution in [0.1, 0.15) is 11.1 Å². The van der Waals surface area contributed by atoms with Gasteiger partial charge in [-0.05, 0) is 45.3 Å². The van der Waals surface area contributed by atoms with Crippen LogP contribution in [-0.4, -0.2) is 7.11 Å². The second-order valence-electron chi connectivity index (χ2n) is 4.23. The molecule has 0 aromatic heterocycles. The van der Waals surface area contributed by atoms with Crippen molar-refractivity contribution >= 4 is 37.5 Å². The lowest BCUT2D eigenvalue weighted by Gasteiger charge is -2.10. The Morgan fingerprint density at radius 1 is 1.05 bits per heavy atom. The number of rotatable bonds is 5. The van der Waals surface area contributed by atoms with E-state index in [1.807, 2.05) is 18.2 Å². The van der Waals surface area contributed by atoms with E-state index < -0.39 is 0 Å². The molecule has 100 valence electrons. The number of nitrogens with one attached hydrogen (secondary N) is 1. The van der Waals surface area contributed by atoms with Crippen LogP contribution in [0.2, 0.25) is 0 Å². The van der Waals surface area contributed by atoms with Crippen LogP contribution in [0.4, 0.5) is 5.69 Å². The number of ether oxygens (including phenoxy) is 1. The molecule has 0 radical (unpaired) electrons. The molecular formula is C15H15Br2NO. The molecule has 2 aromatic rings. The molecule has 0 fully saturated rings. The van der Waals surface area contributed by atoms with Gasteiger partial charge in [-0.1, -0.05) is 40.2 Å². The van der Waals surface area contributed by atoms with Crippen molar-refractivity contribution in [2.24, 2.45) is 0 Å². The molecule has 0 bridgehead atoms. The van der Waals surface area contributed by atoms with Gasteiger partial charge in [0, 0.05) is 28.3 Å². The van der Waals surface area contributed by atoms with Gasteiger partial charge in [0.05, 0.1) is 6.61 Å². The molecule has 2 rings (SSSR count). The Bertz CT molecular complexity index is 558. The highest BCUT2D eigenvalue weighted by molar-refractivity contribution is 9.11. The molecule has 0 saturated carbocycles. The van der Waals surface area contributed by atoms with E-state index in [4.69, 9.17) is 4.74 Å². The summed E-state index contributed by atoms with van der Waals surface area (Å²) in [5, 5.41) is 3.42. The largest absolute Gasteiger partial charge is 0.380 e. The second kappa shape index (κ2) is 7.08. The summed E-state index contributed by atoms with van der Waals surface area (Å²) in [6.45, 7) is 1.44. The van der Waals surface area contributed by atoms with Gasteiger partial charge >= 0.3 is 0 Å². The van der Waals surface area contributed by atoms with E-state index in [0.29, 0.717) is 6.61 Å². The fraction of sp³-hybridized carbons (Fsp3) is 0.200. The maximum absolute atomic E-state index is 5.14. The molecule has 4 heteroatoms. The SMILES string of the molecule is COCc1cccc(CNc2ccc(Br)cc2Br)c1. The van der Waals surface area contributed by atoms with Crippen LogP contribution in [-0.2, 0) is 17.9 Å². The summed E-state index contributed by atoms with van der Waals surface area (Å²) in [6.07, 6.45) is 0. The van der Waals surface area contributed by atoms with Crippen molar-refractivity contribution in [1.29, 1.82) is 0 Å². The molecule has 2 nitrogen and oxygen atoms in total. The van der Waals surface area contributed by atoms with Crippen LogP contribution in [0.15, 0.2) is 51.4 Å². The Morgan fingerprint density at radius 2 is 1.84 bits per heavy atom. The van der Waals surface area contributed by atoms with Crippen molar-refractivity contribution in [3.63, 3.8) is 0 Å². The second-order valence-corrected chi connectivity index (χ2v) is 6.00. The maximum atomic E-state index is 5.14. The summed E-state index contributed by atoms with van der Waals surface area (Å²) in [4.78, 5) is 0. The predicted molar refractivity (Wildman–Crippen MR) is 86.3 cm³/mol. The minimum Gasteiger partial charge on any atom is -0.380 e. The van der Waals surface area contributed by atoms with Gasteiger partial charge < -0.3 is 10.1 Å². The van der Waals surface area contributed by atoms with Crippen molar-refractivity contribution in [2.75, 3.05) is 12.4 Å². The molecule has 0 aliphatic carbocycles. The van der Waals surface area contributed by atoms with E-state index in [1.54, 1.807) is 7.11 Å². The lowest BCUT2D eigenvalue weighted by atomic mass is 10.1. The fourth-order valence-corrected chi connectivity index (χ4v) is 3.01. The first kappa shape index (κ1) is 14.6. The highest BCUT2D eigenvalue weighted by atomic mass is 79.9. The van der Waals surface area contributed by atoms with Gasteiger partial charge in [-0.25, -0.2) is 0 Å². The standard InChI is InChI=1S/C15H15Br2NO/c1-19-10-12-4-2-3-11(7-12)9-18-15-6-5-13(16)8-14(15)17/h2-8,18H,9-10H2,1H3. The third-order valence-corrected chi connectivity index (χ3v) is 3.87. The van der Waals surface area contributed by atoms with E-state index >= 15 is 0 Å². The van der Waals surface area contributed by atoms with Gasteiger partial charge in [0.1, 0.15) is 0 Å². The first-order chi connectivity index (χ1) is 9.19. The summed E-state index contributed by atoms with van der Waals surface area (Å²) < 4.78 is 7.26. The van der Waals surface area contributed by atoms with E-state index in [0.717, 1.165) is 21.2 Å². The number of methoxy groups -OCH3 is 1. The molecule has 0 amide bonds. The minimum absolute atomic E-state index is 0.649. The molecule has 0 heterocycles. The third-order valence-electron chi connectivity index (χ3n) is 2.72. The Hall–Kier alpha value is -0.840. The van der Waals surface area contributed by atoms with E-state index in [9.17, 15) is 0 Å². The fourth-order valence-electron chi connectivity index (χ4n) is 1.83. The first-order valence-electron chi connectivity index (χ1n) is 5.94. The summed E-state index contributed by atoms with van der Waals surface area (Å²) >= 11 is 6.99. The summed E-state index contributed by atoms with van der Waals surface area (Å²) in [7, 11) is 1.71. The van der Waals surface area contributed by atoms with Gasteiger partial charge in [-0.15, -0.1) is 0 Å². The Labute approximate surface area is 130 Å². The molecule has 0 saturated heterocycles. The van der Waals surface area contributed by atoms with Gasteiger partial charge in [0.25, 0.3) is 0 Å². The van der Waals surface area contributed by atoms with Crippen molar-refractivity contribution in [3.05, 3.63) is 62.5 Å². The van der Waals surface area contributed by atoms with E-state index in [1.165, 1.54) is 11.1 Å². The molecule has 0 aliphatic rings. The predicted octanol–water partition coefficient (Wildman–Crippen LogP) is 4.97. The highest BCUT2D eigenvalue weighted by Crippen LogP contribution is 2.26. The first-order valence-corrected chi connectivity index (χ1v) is 7.53. The van der Waals surface area contributed by atoms with Crippen LogP contribution in [0.3, 0.4) is 0 Å². The van der Waals surface area contributed by atoms with Gasteiger partial charge in [0.15, 0.2) is 0 Å². The summed E-state index contributed by atoms with van der Waals surface area (Å²) in [5.41, 5.74) is 3.52. The van der Waals surface area contributed by atoms with Crippen molar-refractivity contribution < 1.29 is 4.74 Å². The average Bonchev–Trinajstić information content (AvgIpc) is 2.38. The van der Waals surface area contributed by atoms with Gasteiger partial charge in [-0.2, -0.15) is 0 Å². The highest BCUT2D eigenvalue weighted by Gasteiger charge is 2.01. The van der Waals surface area contributed by atoms with Crippen molar-refractivity contribution in [2.45, 2.75) is 13.2 Å². The van der Waals surface area contributed by atoms with E-state index in [2.05, 4.69) is 61.4 Å².